The van der Waals surface area contributed by atoms with Crippen molar-refractivity contribution in [2.75, 3.05) is 6.61 Å². The molecular formula is C19H20ClNO2. The summed E-state index contributed by atoms with van der Waals surface area (Å²) in [6.07, 6.45) is -0.756. The lowest BCUT2D eigenvalue weighted by Gasteiger charge is -2.20. The van der Waals surface area contributed by atoms with Gasteiger partial charge in [-0.15, -0.1) is 0 Å². The molecule has 4 heteroatoms. The average molecular weight is 330 g/mol. The topological polar surface area (TPSA) is 52.5 Å². The average Bonchev–Trinajstić information content (AvgIpc) is 2.57. The zero-order valence-corrected chi connectivity index (χ0v) is 13.7. The number of rotatable bonds is 5. The number of hydrogen-bond donors (Lipinski definition) is 3. The molecule has 0 saturated carbocycles. The van der Waals surface area contributed by atoms with Gasteiger partial charge in [0.2, 0.25) is 0 Å². The van der Waals surface area contributed by atoms with E-state index in [1.807, 2.05) is 30.3 Å². The van der Waals surface area contributed by atoms with Gasteiger partial charge < -0.3 is 10.2 Å². The van der Waals surface area contributed by atoms with Crippen molar-refractivity contribution in [3.05, 3.63) is 59.1 Å². The molecule has 0 aromatic heterocycles. The molecule has 2 unspecified atom stereocenters. The minimum absolute atomic E-state index is 0.0592. The zero-order chi connectivity index (χ0) is 16.4. The normalized spacial score (nSPS) is 14.3. The summed E-state index contributed by atoms with van der Waals surface area (Å²) in [5.41, 5.74) is 1.10. The highest BCUT2D eigenvalue weighted by Gasteiger charge is 2.14. The molecule has 0 radical (unpaired) electrons. The van der Waals surface area contributed by atoms with Crippen molar-refractivity contribution in [1.82, 2.24) is 5.32 Å². The third-order valence-corrected chi connectivity index (χ3v) is 4.49. The highest BCUT2D eigenvalue weighted by molar-refractivity contribution is 6.31. The molecule has 3 nitrogen and oxygen atoms in total. The lowest BCUT2D eigenvalue weighted by molar-refractivity contribution is 0.0496. The summed E-state index contributed by atoms with van der Waals surface area (Å²) in [5, 5.41) is 27.5. The molecule has 0 saturated heterocycles. The minimum atomic E-state index is -0.756. The number of halogens is 1. The summed E-state index contributed by atoms with van der Waals surface area (Å²) in [4.78, 5) is 0. The Labute approximate surface area is 140 Å². The van der Waals surface area contributed by atoms with Crippen LogP contribution in [0.25, 0.3) is 21.5 Å². The second-order valence-electron chi connectivity index (χ2n) is 5.93. The molecule has 0 aliphatic carbocycles. The molecule has 0 amide bonds. The van der Waals surface area contributed by atoms with Gasteiger partial charge in [-0.3, -0.25) is 5.32 Å². The molecule has 3 aromatic carbocycles. The van der Waals surface area contributed by atoms with Crippen LogP contribution in [0.2, 0.25) is 5.02 Å². The van der Waals surface area contributed by atoms with E-state index in [0.717, 1.165) is 27.1 Å². The molecule has 2 atom stereocenters. The van der Waals surface area contributed by atoms with Gasteiger partial charge in [0.05, 0.1) is 0 Å². The van der Waals surface area contributed by atoms with Crippen molar-refractivity contribution >= 4 is 33.1 Å². The first kappa shape index (κ1) is 16.2. The Bertz CT molecular complexity index is 834. The van der Waals surface area contributed by atoms with Gasteiger partial charge in [-0.05, 0) is 45.3 Å². The van der Waals surface area contributed by atoms with Crippen LogP contribution in [0.15, 0.2) is 48.5 Å². The molecule has 0 spiro atoms. The van der Waals surface area contributed by atoms with Crippen LogP contribution < -0.4 is 5.32 Å². The number of aliphatic hydroxyl groups is 2. The van der Waals surface area contributed by atoms with Gasteiger partial charge in [0.25, 0.3) is 0 Å². The molecule has 120 valence electrons. The smallest absolute Gasteiger partial charge is 0.109 e. The maximum Gasteiger partial charge on any atom is 0.109 e. The van der Waals surface area contributed by atoms with E-state index in [0.29, 0.717) is 11.6 Å². The SMILES string of the molecule is CC(CO)C(O)NCc1c2ccccc2cc2ccc(Cl)cc12. The maximum atomic E-state index is 10.1. The Kier molecular flexibility index (Phi) is 4.83. The fourth-order valence-electron chi connectivity index (χ4n) is 2.82. The Morgan fingerprint density at radius 3 is 2.57 bits per heavy atom. The Hall–Kier alpha value is -1.65. The van der Waals surface area contributed by atoms with Gasteiger partial charge >= 0.3 is 0 Å². The van der Waals surface area contributed by atoms with E-state index in [1.165, 1.54) is 0 Å². The van der Waals surface area contributed by atoms with Crippen molar-refractivity contribution in [3.63, 3.8) is 0 Å². The standard InChI is InChI=1S/C19H20ClNO2/c1-12(11-22)19(23)21-10-18-16-5-3-2-4-13(16)8-14-6-7-15(20)9-17(14)18/h2-9,12,19,21-23H,10-11H2,1H3. The second-order valence-corrected chi connectivity index (χ2v) is 6.36. The highest BCUT2D eigenvalue weighted by Crippen LogP contribution is 2.30. The number of hydrogen-bond acceptors (Lipinski definition) is 3. The molecule has 0 heterocycles. The van der Waals surface area contributed by atoms with Gasteiger partial charge in [-0.2, -0.15) is 0 Å². The fraction of sp³-hybridized carbons (Fsp3) is 0.263. The summed E-state index contributed by atoms with van der Waals surface area (Å²) in [5.74, 6) is -0.222. The van der Waals surface area contributed by atoms with E-state index in [2.05, 4.69) is 23.5 Å². The van der Waals surface area contributed by atoms with Crippen molar-refractivity contribution in [3.8, 4) is 0 Å². The molecule has 3 rings (SSSR count). The Morgan fingerprint density at radius 1 is 1.04 bits per heavy atom. The van der Waals surface area contributed by atoms with Crippen LogP contribution >= 0.6 is 11.6 Å². The molecule has 23 heavy (non-hydrogen) atoms. The van der Waals surface area contributed by atoms with Crippen LogP contribution in [0.1, 0.15) is 12.5 Å². The lowest BCUT2D eigenvalue weighted by Crippen LogP contribution is -2.35. The van der Waals surface area contributed by atoms with Crippen LogP contribution in [0, 0.1) is 5.92 Å². The van der Waals surface area contributed by atoms with Crippen molar-refractivity contribution in [1.29, 1.82) is 0 Å². The lowest BCUT2D eigenvalue weighted by atomic mass is 9.96. The largest absolute Gasteiger partial charge is 0.396 e. The second kappa shape index (κ2) is 6.85. The van der Waals surface area contributed by atoms with E-state index in [9.17, 15) is 5.11 Å². The summed E-state index contributed by atoms with van der Waals surface area (Å²) in [6, 6.07) is 16.2. The summed E-state index contributed by atoms with van der Waals surface area (Å²) < 4.78 is 0. The van der Waals surface area contributed by atoms with Crippen molar-refractivity contribution in [2.24, 2.45) is 5.92 Å². The zero-order valence-electron chi connectivity index (χ0n) is 13.0. The number of fused-ring (bicyclic) bond motifs is 2. The van der Waals surface area contributed by atoms with Crippen LogP contribution in [0.4, 0.5) is 0 Å². The number of benzene rings is 3. The number of aliphatic hydroxyl groups excluding tert-OH is 2. The fourth-order valence-corrected chi connectivity index (χ4v) is 3.00. The summed E-state index contributed by atoms with van der Waals surface area (Å²) in [7, 11) is 0. The van der Waals surface area contributed by atoms with Crippen LogP contribution in [0.3, 0.4) is 0 Å². The van der Waals surface area contributed by atoms with Crippen molar-refractivity contribution < 1.29 is 10.2 Å². The molecule has 0 bridgehead atoms. The first-order valence-corrected chi connectivity index (χ1v) is 8.10. The number of nitrogens with one attached hydrogen (secondary N) is 1. The highest BCUT2D eigenvalue weighted by atomic mass is 35.5. The third kappa shape index (κ3) is 3.33. The van der Waals surface area contributed by atoms with Gasteiger partial charge in [0, 0.05) is 24.1 Å². The molecule has 3 N–H and O–H groups in total. The summed E-state index contributed by atoms with van der Waals surface area (Å²) >= 11 is 6.17. The van der Waals surface area contributed by atoms with Gasteiger partial charge in [-0.1, -0.05) is 48.9 Å². The maximum absolute atomic E-state index is 10.1. The molecule has 0 fully saturated rings. The first-order chi connectivity index (χ1) is 11.1. The Balaban J connectivity index is 2.08. The van der Waals surface area contributed by atoms with Crippen molar-refractivity contribution in [2.45, 2.75) is 19.7 Å². The predicted molar refractivity (Wildman–Crippen MR) is 95.6 cm³/mol. The molecular weight excluding hydrogens is 310 g/mol. The quantitative estimate of drug-likeness (QED) is 0.494. The van der Waals surface area contributed by atoms with Crippen LogP contribution in [-0.4, -0.2) is 23.0 Å². The van der Waals surface area contributed by atoms with E-state index in [4.69, 9.17) is 16.7 Å². The first-order valence-electron chi connectivity index (χ1n) is 7.72. The van der Waals surface area contributed by atoms with E-state index < -0.39 is 6.23 Å². The van der Waals surface area contributed by atoms with Gasteiger partial charge in [0.1, 0.15) is 6.23 Å². The molecule has 3 aromatic rings. The van der Waals surface area contributed by atoms with E-state index in [1.54, 1.807) is 6.92 Å². The van der Waals surface area contributed by atoms with Crippen LogP contribution in [0.5, 0.6) is 0 Å². The third-order valence-electron chi connectivity index (χ3n) is 4.25. The molecule has 0 aliphatic rings. The predicted octanol–water partition coefficient (Wildman–Crippen LogP) is 3.68. The Morgan fingerprint density at radius 2 is 1.78 bits per heavy atom. The van der Waals surface area contributed by atoms with Crippen LogP contribution in [-0.2, 0) is 6.54 Å². The van der Waals surface area contributed by atoms with E-state index in [-0.39, 0.29) is 12.5 Å². The monoisotopic (exact) mass is 329 g/mol. The molecule has 0 aliphatic heterocycles. The van der Waals surface area contributed by atoms with Gasteiger partial charge in [-0.25, -0.2) is 0 Å². The minimum Gasteiger partial charge on any atom is -0.396 e. The van der Waals surface area contributed by atoms with Gasteiger partial charge in [0.15, 0.2) is 0 Å². The summed E-state index contributed by atoms with van der Waals surface area (Å²) in [6.45, 7) is 2.25. The van der Waals surface area contributed by atoms with E-state index >= 15 is 0 Å².